The second-order valence-corrected chi connectivity index (χ2v) is 6.65. The molecule has 0 aromatic carbocycles. The molecule has 0 aliphatic rings. The molecule has 0 saturated carbocycles. The highest BCUT2D eigenvalue weighted by Crippen LogP contribution is 2.06. The molecule has 0 radical (unpaired) electrons. The van der Waals surface area contributed by atoms with E-state index in [2.05, 4.69) is 35.3 Å². The summed E-state index contributed by atoms with van der Waals surface area (Å²) < 4.78 is 27.8. The lowest BCUT2D eigenvalue weighted by molar-refractivity contribution is 0.579. The number of nitrogens with zero attached hydrogens (tertiary/aromatic N) is 5. The molecule has 0 saturated heterocycles. The molecule has 10 nitrogen and oxygen atoms in total. The third kappa shape index (κ3) is 3.75. The zero-order chi connectivity index (χ0) is 17.0. The van der Waals surface area contributed by atoms with Crippen molar-refractivity contribution in [3.63, 3.8) is 0 Å². The van der Waals surface area contributed by atoms with Gasteiger partial charge in [-0.25, -0.2) is 22.8 Å². The summed E-state index contributed by atoms with van der Waals surface area (Å²) in [5, 5.41) is 15.4. The van der Waals surface area contributed by atoms with Gasteiger partial charge in [0.05, 0.1) is 18.2 Å². The van der Waals surface area contributed by atoms with E-state index in [1.54, 1.807) is 23.0 Å². The maximum Gasteiger partial charge on any atom is 0.257 e. The molecular weight excluding hydrogens is 332 g/mol. The van der Waals surface area contributed by atoms with Crippen LogP contribution in [-0.2, 0) is 10.0 Å². The molecule has 0 amide bonds. The Bertz CT molecular complexity index is 886. The summed E-state index contributed by atoms with van der Waals surface area (Å²) in [7, 11) is -3.57. The highest BCUT2D eigenvalue weighted by molar-refractivity contribution is 7.89. The van der Waals surface area contributed by atoms with E-state index in [4.69, 9.17) is 0 Å². The average molecular weight is 348 g/mol. The molecule has 3 aromatic rings. The van der Waals surface area contributed by atoms with Gasteiger partial charge in [-0.15, -0.1) is 10.2 Å². The fraction of sp³-hybridized carbons (Fsp3) is 0.231. The number of hydrogen-bond acceptors (Lipinski definition) is 7. The topological polar surface area (TPSA) is 130 Å². The molecule has 3 heterocycles. The molecule has 0 aliphatic heterocycles. The quantitative estimate of drug-likeness (QED) is 0.516. The number of sulfonamides is 1. The molecule has 0 aliphatic carbocycles. The summed E-state index contributed by atoms with van der Waals surface area (Å²) in [5.74, 6) is 1.15. The number of nitrogens with one attached hydrogen (secondary N) is 3. The monoisotopic (exact) mass is 348 g/mol. The fourth-order valence-electron chi connectivity index (χ4n) is 1.93. The van der Waals surface area contributed by atoms with Gasteiger partial charge in [-0.3, -0.25) is 0 Å². The molecule has 126 valence electrons. The number of H-pyrrole nitrogens is 1. The first-order valence-electron chi connectivity index (χ1n) is 7.13. The van der Waals surface area contributed by atoms with E-state index in [0.29, 0.717) is 18.2 Å². The maximum absolute atomic E-state index is 11.9. The van der Waals surface area contributed by atoms with Crippen molar-refractivity contribution in [2.24, 2.45) is 0 Å². The summed E-state index contributed by atoms with van der Waals surface area (Å²) in [5.41, 5.74) is 0.892. The molecule has 11 heteroatoms. The van der Waals surface area contributed by atoms with Crippen LogP contribution in [0, 0.1) is 6.92 Å². The molecule has 0 fully saturated rings. The van der Waals surface area contributed by atoms with Gasteiger partial charge in [-0.05, 0) is 25.1 Å². The summed E-state index contributed by atoms with van der Waals surface area (Å²) in [4.78, 5) is 6.23. The standard InChI is InChI=1S/C13H16N8O2S/c1-10-4-7-21(20-10)12-3-2-11(18-19-12)15-5-6-17-24(22,23)13-8-14-9-16-13/h2-4,7-9,17H,5-6H2,1H3,(H,14,16)(H,15,18). The number of aromatic nitrogens is 6. The van der Waals surface area contributed by atoms with Crippen molar-refractivity contribution in [2.75, 3.05) is 18.4 Å². The lowest BCUT2D eigenvalue weighted by atomic mass is 10.5. The minimum absolute atomic E-state index is 0.0289. The first-order chi connectivity index (χ1) is 11.5. The van der Waals surface area contributed by atoms with Crippen LogP contribution in [0.1, 0.15) is 5.69 Å². The van der Waals surface area contributed by atoms with E-state index in [0.717, 1.165) is 5.69 Å². The molecule has 0 spiro atoms. The Balaban J connectivity index is 1.50. The summed E-state index contributed by atoms with van der Waals surface area (Å²) in [6, 6.07) is 5.40. The van der Waals surface area contributed by atoms with Gasteiger partial charge in [0.1, 0.15) is 5.82 Å². The van der Waals surface area contributed by atoms with Crippen molar-refractivity contribution in [3.8, 4) is 5.82 Å². The highest BCUT2D eigenvalue weighted by Gasteiger charge is 2.14. The van der Waals surface area contributed by atoms with Gasteiger partial charge in [-0.1, -0.05) is 0 Å². The summed E-state index contributed by atoms with van der Waals surface area (Å²) >= 11 is 0. The molecular formula is C13H16N8O2S. The van der Waals surface area contributed by atoms with Gasteiger partial charge >= 0.3 is 0 Å². The van der Waals surface area contributed by atoms with Crippen LogP contribution in [0.4, 0.5) is 5.82 Å². The highest BCUT2D eigenvalue weighted by atomic mass is 32.2. The Labute approximate surface area is 138 Å². The number of aromatic amines is 1. The van der Waals surface area contributed by atoms with Crippen molar-refractivity contribution >= 4 is 15.8 Å². The van der Waals surface area contributed by atoms with E-state index in [1.165, 1.54) is 12.5 Å². The van der Waals surface area contributed by atoms with Crippen molar-refractivity contribution in [1.29, 1.82) is 0 Å². The molecule has 0 bridgehead atoms. The molecule has 3 rings (SSSR count). The lowest BCUT2D eigenvalue weighted by Crippen LogP contribution is -2.29. The third-order valence-corrected chi connectivity index (χ3v) is 4.48. The Kier molecular flexibility index (Phi) is 4.53. The van der Waals surface area contributed by atoms with Crippen LogP contribution in [0.25, 0.3) is 5.82 Å². The Hall–Kier alpha value is -2.79. The molecule has 3 aromatic heterocycles. The summed E-state index contributed by atoms with van der Waals surface area (Å²) in [6.45, 7) is 2.45. The number of aryl methyl sites for hydroxylation is 1. The summed E-state index contributed by atoms with van der Waals surface area (Å²) in [6.07, 6.45) is 4.36. The van der Waals surface area contributed by atoms with Gasteiger partial charge in [0.15, 0.2) is 10.8 Å². The van der Waals surface area contributed by atoms with Gasteiger partial charge in [-0.2, -0.15) is 5.10 Å². The molecule has 24 heavy (non-hydrogen) atoms. The van der Waals surface area contributed by atoms with E-state index in [1.807, 2.05) is 13.0 Å². The van der Waals surface area contributed by atoms with Crippen molar-refractivity contribution in [2.45, 2.75) is 11.9 Å². The third-order valence-electron chi connectivity index (χ3n) is 3.09. The van der Waals surface area contributed by atoms with Crippen LogP contribution in [0.2, 0.25) is 0 Å². The van der Waals surface area contributed by atoms with E-state index in [-0.39, 0.29) is 11.6 Å². The average Bonchev–Trinajstić information content (AvgIpc) is 3.24. The molecule has 0 unspecified atom stereocenters. The second-order valence-electron chi connectivity index (χ2n) is 4.92. The van der Waals surface area contributed by atoms with Crippen molar-refractivity contribution in [1.82, 2.24) is 34.7 Å². The first-order valence-corrected chi connectivity index (χ1v) is 8.61. The number of anilines is 1. The van der Waals surface area contributed by atoms with Crippen LogP contribution in [0.5, 0.6) is 0 Å². The number of imidazole rings is 1. The fourth-order valence-corrected chi connectivity index (χ4v) is 2.86. The van der Waals surface area contributed by atoms with Crippen LogP contribution in [0.3, 0.4) is 0 Å². The van der Waals surface area contributed by atoms with E-state index < -0.39 is 10.0 Å². The minimum Gasteiger partial charge on any atom is -0.367 e. The van der Waals surface area contributed by atoms with Crippen LogP contribution < -0.4 is 10.0 Å². The molecule has 0 atom stereocenters. The Morgan fingerprint density at radius 2 is 2.08 bits per heavy atom. The normalized spacial score (nSPS) is 11.5. The smallest absolute Gasteiger partial charge is 0.257 e. The van der Waals surface area contributed by atoms with Gasteiger partial charge < -0.3 is 10.3 Å². The zero-order valence-corrected chi connectivity index (χ0v) is 13.7. The lowest BCUT2D eigenvalue weighted by Gasteiger charge is -2.07. The zero-order valence-electron chi connectivity index (χ0n) is 12.8. The van der Waals surface area contributed by atoms with Crippen LogP contribution in [0.15, 0.2) is 41.9 Å². The minimum atomic E-state index is -3.57. The van der Waals surface area contributed by atoms with Crippen molar-refractivity contribution in [3.05, 3.63) is 42.6 Å². The van der Waals surface area contributed by atoms with E-state index in [9.17, 15) is 8.42 Å². The largest absolute Gasteiger partial charge is 0.367 e. The predicted octanol–water partition coefficient (Wildman–Crippen LogP) is 0.0842. The van der Waals surface area contributed by atoms with Crippen LogP contribution in [-0.4, -0.2) is 51.5 Å². The first kappa shape index (κ1) is 16.1. The number of rotatable bonds is 7. The second kappa shape index (κ2) is 6.76. The van der Waals surface area contributed by atoms with Gasteiger partial charge in [0.25, 0.3) is 10.0 Å². The van der Waals surface area contributed by atoms with Crippen molar-refractivity contribution < 1.29 is 8.42 Å². The van der Waals surface area contributed by atoms with Gasteiger partial charge in [0.2, 0.25) is 0 Å². The Morgan fingerprint density at radius 1 is 1.21 bits per heavy atom. The van der Waals surface area contributed by atoms with E-state index >= 15 is 0 Å². The Morgan fingerprint density at radius 3 is 2.71 bits per heavy atom. The predicted molar refractivity (Wildman–Crippen MR) is 86.2 cm³/mol. The van der Waals surface area contributed by atoms with Gasteiger partial charge in [0, 0.05) is 19.3 Å². The van der Waals surface area contributed by atoms with Crippen LogP contribution >= 0.6 is 0 Å². The maximum atomic E-state index is 11.9. The SMILES string of the molecule is Cc1ccn(-c2ccc(NCCNS(=O)(=O)c3cnc[nH]3)nn2)n1. The number of hydrogen-bond donors (Lipinski definition) is 3. The molecule has 3 N–H and O–H groups in total.